The van der Waals surface area contributed by atoms with Crippen LogP contribution in [0.15, 0.2) is 47.1 Å². The third-order valence-corrected chi connectivity index (χ3v) is 5.90. The number of thiophene rings is 1. The Balaban J connectivity index is 1.80. The van der Waals surface area contributed by atoms with E-state index in [0.717, 1.165) is 28.1 Å². The van der Waals surface area contributed by atoms with Gasteiger partial charge < -0.3 is 11.1 Å². The molecule has 23 heavy (non-hydrogen) atoms. The summed E-state index contributed by atoms with van der Waals surface area (Å²) in [6, 6.07) is 12.9. The second-order valence-electron chi connectivity index (χ2n) is 5.52. The first-order valence-electron chi connectivity index (χ1n) is 7.39. The molecule has 3 N–H and O–H groups in total. The second kappa shape index (κ2) is 6.03. The summed E-state index contributed by atoms with van der Waals surface area (Å²) in [5.74, 6) is 0.684. The molecule has 3 heterocycles. The lowest BCUT2D eigenvalue weighted by molar-refractivity contribution is 0.601. The van der Waals surface area contributed by atoms with Crippen LogP contribution in [0.4, 0.5) is 5.95 Å². The van der Waals surface area contributed by atoms with Crippen molar-refractivity contribution in [2.45, 2.75) is 12.5 Å². The van der Waals surface area contributed by atoms with Gasteiger partial charge in [0.1, 0.15) is 0 Å². The van der Waals surface area contributed by atoms with Gasteiger partial charge in [-0.25, -0.2) is 9.97 Å². The van der Waals surface area contributed by atoms with Gasteiger partial charge in [0.15, 0.2) is 0 Å². The lowest BCUT2D eigenvalue weighted by atomic mass is 9.92. The van der Waals surface area contributed by atoms with Crippen LogP contribution >= 0.6 is 27.3 Å². The van der Waals surface area contributed by atoms with Gasteiger partial charge in [-0.05, 0) is 33.1 Å². The Morgan fingerprint density at radius 3 is 2.91 bits per heavy atom. The molecule has 0 fully saturated rings. The molecule has 0 radical (unpaired) electrons. The number of nitrogens with one attached hydrogen (secondary N) is 1. The molecule has 0 amide bonds. The Morgan fingerprint density at radius 2 is 2.09 bits per heavy atom. The van der Waals surface area contributed by atoms with E-state index in [9.17, 15) is 0 Å². The van der Waals surface area contributed by atoms with Crippen molar-refractivity contribution in [3.63, 3.8) is 0 Å². The number of halogens is 1. The Kier molecular flexibility index (Phi) is 3.88. The quantitative estimate of drug-likeness (QED) is 0.703. The van der Waals surface area contributed by atoms with E-state index in [4.69, 9.17) is 5.73 Å². The molecular weight excluding hydrogens is 372 g/mol. The van der Waals surface area contributed by atoms with E-state index < -0.39 is 0 Å². The summed E-state index contributed by atoms with van der Waals surface area (Å²) in [6.07, 6.45) is 1.71. The predicted molar refractivity (Wildman–Crippen MR) is 97.4 cm³/mol. The summed E-state index contributed by atoms with van der Waals surface area (Å²) < 4.78 is 0.870. The first-order valence-corrected chi connectivity index (χ1v) is 9.00. The molecule has 1 aliphatic heterocycles. The van der Waals surface area contributed by atoms with Gasteiger partial charge >= 0.3 is 0 Å². The number of anilines is 1. The fraction of sp³-hybridized carbons (Fsp3) is 0.176. The van der Waals surface area contributed by atoms with Crippen LogP contribution in [0.1, 0.15) is 21.9 Å². The number of nitrogens with zero attached hydrogens (tertiary/aromatic N) is 2. The highest BCUT2D eigenvalue weighted by Crippen LogP contribution is 2.41. The van der Waals surface area contributed by atoms with E-state index >= 15 is 0 Å². The molecule has 4 nitrogen and oxygen atoms in total. The molecule has 0 bridgehead atoms. The van der Waals surface area contributed by atoms with Crippen molar-refractivity contribution >= 4 is 33.2 Å². The Morgan fingerprint density at radius 1 is 1.26 bits per heavy atom. The number of fused-ring (bicyclic) bond motifs is 1. The van der Waals surface area contributed by atoms with Crippen molar-refractivity contribution in [3.8, 4) is 10.6 Å². The number of nitrogens with two attached hydrogens (primary N) is 1. The summed E-state index contributed by atoms with van der Waals surface area (Å²) in [7, 11) is 0. The van der Waals surface area contributed by atoms with Gasteiger partial charge in [-0.1, -0.05) is 30.3 Å². The maximum Gasteiger partial charge on any atom is 0.220 e. The summed E-state index contributed by atoms with van der Waals surface area (Å²) in [5.41, 5.74) is 9.30. The molecule has 3 aromatic rings. The minimum atomic E-state index is 0.298. The highest BCUT2D eigenvalue weighted by Gasteiger charge is 2.25. The molecule has 4 rings (SSSR count). The molecule has 0 spiro atoms. The second-order valence-corrected chi connectivity index (χ2v) is 7.46. The third kappa shape index (κ3) is 2.78. The molecule has 0 saturated heterocycles. The van der Waals surface area contributed by atoms with Crippen LogP contribution in [0.3, 0.4) is 0 Å². The number of rotatable bonds is 2. The first-order chi connectivity index (χ1) is 11.2. The van der Waals surface area contributed by atoms with Crippen molar-refractivity contribution in [2.24, 2.45) is 0 Å². The largest absolute Gasteiger partial charge is 0.368 e. The van der Waals surface area contributed by atoms with Gasteiger partial charge in [0, 0.05) is 30.1 Å². The zero-order valence-electron chi connectivity index (χ0n) is 12.3. The van der Waals surface area contributed by atoms with Crippen LogP contribution < -0.4 is 11.1 Å². The van der Waals surface area contributed by atoms with Gasteiger partial charge in [-0.3, -0.25) is 0 Å². The Hall–Kier alpha value is -1.76. The zero-order valence-corrected chi connectivity index (χ0v) is 14.7. The minimum absolute atomic E-state index is 0.298. The van der Waals surface area contributed by atoms with Crippen LogP contribution in [0.25, 0.3) is 10.6 Å². The summed E-state index contributed by atoms with van der Waals surface area (Å²) in [6.45, 7) is 1.86. The average molecular weight is 387 g/mol. The average Bonchev–Trinajstić information content (AvgIpc) is 3.01. The predicted octanol–water partition coefficient (Wildman–Crippen LogP) is 3.78. The van der Waals surface area contributed by atoms with Gasteiger partial charge in [-0.2, -0.15) is 0 Å². The third-order valence-electron chi connectivity index (χ3n) is 4.02. The number of hydrogen-bond acceptors (Lipinski definition) is 5. The van der Waals surface area contributed by atoms with Crippen LogP contribution in [-0.2, 0) is 6.54 Å². The molecule has 1 unspecified atom stereocenters. The van der Waals surface area contributed by atoms with E-state index in [2.05, 4.69) is 67.6 Å². The first kappa shape index (κ1) is 14.8. The maximum atomic E-state index is 5.75. The topological polar surface area (TPSA) is 63.8 Å². The SMILES string of the molecule is Nc1ncc(Br)c(-c2cc3c(s2)C(c2ccccc2)CNC3)n1. The van der Waals surface area contributed by atoms with Gasteiger partial charge in [-0.15, -0.1) is 11.3 Å². The molecule has 0 saturated carbocycles. The van der Waals surface area contributed by atoms with E-state index in [1.807, 2.05) is 0 Å². The normalized spacial score (nSPS) is 17.0. The smallest absolute Gasteiger partial charge is 0.220 e. The fourth-order valence-electron chi connectivity index (χ4n) is 2.94. The molecule has 2 aromatic heterocycles. The van der Waals surface area contributed by atoms with Crippen molar-refractivity contribution in [2.75, 3.05) is 12.3 Å². The highest BCUT2D eigenvalue weighted by molar-refractivity contribution is 9.10. The lowest BCUT2D eigenvalue weighted by Crippen LogP contribution is -2.27. The van der Waals surface area contributed by atoms with E-state index in [1.165, 1.54) is 16.0 Å². The van der Waals surface area contributed by atoms with E-state index in [1.54, 1.807) is 17.5 Å². The van der Waals surface area contributed by atoms with E-state index in [-0.39, 0.29) is 0 Å². The van der Waals surface area contributed by atoms with Crippen molar-refractivity contribution in [3.05, 3.63) is 63.1 Å². The summed E-state index contributed by atoms with van der Waals surface area (Å²) >= 11 is 5.33. The highest BCUT2D eigenvalue weighted by atomic mass is 79.9. The van der Waals surface area contributed by atoms with Crippen LogP contribution in [0.2, 0.25) is 0 Å². The Bertz CT molecular complexity index is 847. The summed E-state index contributed by atoms with van der Waals surface area (Å²) in [4.78, 5) is 11.0. The number of benzene rings is 1. The Labute approximate surface area is 146 Å². The monoisotopic (exact) mass is 386 g/mol. The molecule has 1 aliphatic rings. The summed E-state index contributed by atoms with van der Waals surface area (Å²) in [5, 5.41) is 3.52. The molecule has 1 atom stereocenters. The number of nitrogen functional groups attached to an aromatic ring is 1. The van der Waals surface area contributed by atoms with Gasteiger partial charge in [0.2, 0.25) is 5.95 Å². The van der Waals surface area contributed by atoms with Crippen LogP contribution in [0, 0.1) is 0 Å². The van der Waals surface area contributed by atoms with Crippen LogP contribution in [0.5, 0.6) is 0 Å². The molecular formula is C17H15BrN4S. The van der Waals surface area contributed by atoms with Crippen molar-refractivity contribution < 1.29 is 0 Å². The maximum absolute atomic E-state index is 5.75. The van der Waals surface area contributed by atoms with Gasteiger partial charge in [0.25, 0.3) is 0 Å². The fourth-order valence-corrected chi connectivity index (χ4v) is 4.79. The molecule has 6 heteroatoms. The van der Waals surface area contributed by atoms with Crippen LogP contribution in [-0.4, -0.2) is 16.5 Å². The number of aromatic nitrogens is 2. The van der Waals surface area contributed by atoms with Crippen molar-refractivity contribution in [1.82, 2.24) is 15.3 Å². The molecule has 1 aromatic carbocycles. The molecule has 0 aliphatic carbocycles. The standard InChI is InChI=1S/C17H15BrN4S/c18-13-9-21-17(19)22-15(13)14-6-11-7-20-8-12(16(11)23-14)10-4-2-1-3-5-10/h1-6,9,12,20H,7-8H2,(H2,19,21,22). The minimum Gasteiger partial charge on any atom is -0.368 e. The van der Waals surface area contributed by atoms with Gasteiger partial charge in [0.05, 0.1) is 15.0 Å². The van der Waals surface area contributed by atoms with E-state index in [0.29, 0.717) is 11.9 Å². The number of hydrogen-bond donors (Lipinski definition) is 2. The zero-order chi connectivity index (χ0) is 15.8. The van der Waals surface area contributed by atoms with Crippen molar-refractivity contribution in [1.29, 1.82) is 0 Å². The lowest BCUT2D eigenvalue weighted by Gasteiger charge is -2.23. The molecule has 116 valence electrons.